The number of fused-ring (bicyclic) bond motifs is 1. The molecule has 0 saturated carbocycles. The Hall–Kier alpha value is -1.80. The van der Waals surface area contributed by atoms with Gasteiger partial charge in [-0.05, 0) is 38.5 Å². The molecule has 1 spiro atoms. The summed E-state index contributed by atoms with van der Waals surface area (Å²) in [6, 6.07) is -1.21. The highest BCUT2D eigenvalue weighted by Crippen LogP contribution is 2.71. The Morgan fingerprint density at radius 2 is 2.03 bits per heavy atom. The molecule has 0 aromatic rings. The van der Waals surface area contributed by atoms with Crippen molar-refractivity contribution in [1.29, 1.82) is 0 Å². The summed E-state index contributed by atoms with van der Waals surface area (Å²) in [5.74, 6) is -1.74. The minimum absolute atomic E-state index is 0.0901. The van der Waals surface area contributed by atoms with Crippen molar-refractivity contribution in [2.24, 2.45) is 17.8 Å². The average Bonchev–Trinajstić information content (AvgIpc) is 3.38. The topological polar surface area (TPSA) is 87.1 Å². The number of ether oxygens (including phenoxy) is 1. The van der Waals surface area contributed by atoms with Crippen LogP contribution in [0.1, 0.15) is 59.8 Å². The first-order valence-electron chi connectivity index (χ1n) is 12.9. The van der Waals surface area contributed by atoms with Gasteiger partial charge in [0.05, 0.1) is 29.2 Å². The normalized spacial score (nSPS) is 32.0. The summed E-state index contributed by atoms with van der Waals surface area (Å²) in [5.41, 5.74) is 0. The second-order valence-electron chi connectivity index (χ2n) is 10.8. The average molecular weight is 507 g/mol. The lowest BCUT2D eigenvalue weighted by atomic mass is 9.66. The molecule has 3 fully saturated rings. The van der Waals surface area contributed by atoms with E-state index in [1.807, 2.05) is 20.8 Å². The van der Waals surface area contributed by atoms with Crippen LogP contribution in [0, 0.1) is 17.8 Å². The van der Waals surface area contributed by atoms with Crippen LogP contribution in [0.15, 0.2) is 25.3 Å². The summed E-state index contributed by atoms with van der Waals surface area (Å²) in [6.07, 6.45) is 7.04. The number of carbonyl (C=O) groups is 3. The van der Waals surface area contributed by atoms with Gasteiger partial charge in [0.25, 0.3) is 0 Å². The first kappa shape index (κ1) is 27.8. The first-order valence-corrected chi connectivity index (χ1v) is 13.7. The summed E-state index contributed by atoms with van der Waals surface area (Å²) in [6.45, 7) is 16.5. The maximum atomic E-state index is 14.2. The molecular formula is C27H42N2O5S. The number of nitrogens with zero attached hydrogens (tertiary/aromatic N) is 2. The Kier molecular flexibility index (Phi) is 8.79. The molecule has 35 heavy (non-hydrogen) atoms. The molecular weight excluding hydrogens is 464 g/mol. The van der Waals surface area contributed by atoms with Gasteiger partial charge in [0.2, 0.25) is 11.8 Å². The quantitative estimate of drug-likeness (QED) is 0.304. The molecule has 3 heterocycles. The zero-order valence-electron chi connectivity index (χ0n) is 21.7. The Balaban J connectivity index is 2.10. The van der Waals surface area contributed by atoms with Crippen LogP contribution < -0.4 is 0 Å². The van der Waals surface area contributed by atoms with Crippen molar-refractivity contribution in [2.45, 2.75) is 81.4 Å². The zero-order chi connectivity index (χ0) is 26.0. The van der Waals surface area contributed by atoms with Crippen LogP contribution in [-0.2, 0) is 19.1 Å². The first-order chi connectivity index (χ1) is 16.6. The van der Waals surface area contributed by atoms with E-state index in [0.29, 0.717) is 25.9 Å². The van der Waals surface area contributed by atoms with Gasteiger partial charge in [-0.3, -0.25) is 14.4 Å². The number of rotatable bonds is 13. The number of aliphatic hydroxyl groups excluding tert-OH is 1. The molecule has 3 aliphatic heterocycles. The van der Waals surface area contributed by atoms with Crippen LogP contribution in [0.5, 0.6) is 0 Å². The minimum atomic E-state index is -0.725. The predicted molar refractivity (Wildman–Crippen MR) is 139 cm³/mol. The standard InChI is InChI=1S/C27H42N2O5S/c1-7-10-14-28(13-8-2)24(32)22-27-12-11-26(6,35-27)21(25(33)34-15-9-3)20(27)23(31)29(22)19(17-30)16-18(4)5/h8-9,18-22,30H,2-3,7,10-17H2,1,4-6H3/t19-,20+,21+,22?,26-,27?/m1/s1. The minimum Gasteiger partial charge on any atom is -0.461 e. The summed E-state index contributed by atoms with van der Waals surface area (Å²) < 4.78 is 4.29. The van der Waals surface area contributed by atoms with Gasteiger partial charge in [-0.15, -0.1) is 18.3 Å². The highest BCUT2D eigenvalue weighted by molar-refractivity contribution is 8.02. The van der Waals surface area contributed by atoms with Gasteiger partial charge in [-0.2, -0.15) is 0 Å². The van der Waals surface area contributed by atoms with E-state index < -0.39 is 39.4 Å². The van der Waals surface area contributed by atoms with Crippen LogP contribution in [0.4, 0.5) is 0 Å². The summed E-state index contributed by atoms with van der Waals surface area (Å²) >= 11 is 1.63. The van der Waals surface area contributed by atoms with Crippen molar-refractivity contribution in [3.05, 3.63) is 25.3 Å². The molecule has 0 aliphatic carbocycles. The number of amides is 2. The second kappa shape index (κ2) is 11.1. The lowest BCUT2D eigenvalue weighted by Crippen LogP contribution is -2.57. The number of thioether (sulfide) groups is 1. The molecule has 196 valence electrons. The van der Waals surface area contributed by atoms with Crippen LogP contribution in [0.25, 0.3) is 0 Å². The molecule has 3 saturated heterocycles. The van der Waals surface area contributed by atoms with Gasteiger partial charge in [-0.1, -0.05) is 45.9 Å². The summed E-state index contributed by atoms with van der Waals surface area (Å²) in [5, 5.41) is 10.4. The van der Waals surface area contributed by atoms with Gasteiger partial charge >= 0.3 is 5.97 Å². The fourth-order valence-corrected chi connectivity index (χ4v) is 8.74. The van der Waals surface area contributed by atoms with E-state index in [0.717, 1.165) is 19.3 Å². The highest BCUT2D eigenvalue weighted by atomic mass is 32.2. The van der Waals surface area contributed by atoms with Crippen molar-refractivity contribution in [2.75, 3.05) is 26.3 Å². The Bertz CT molecular complexity index is 847. The van der Waals surface area contributed by atoms with E-state index in [4.69, 9.17) is 4.74 Å². The molecule has 0 aromatic carbocycles. The molecule has 6 atom stereocenters. The molecule has 0 aromatic heterocycles. The number of carbonyl (C=O) groups excluding carboxylic acids is 3. The summed E-state index contributed by atoms with van der Waals surface area (Å²) in [4.78, 5) is 45.1. The van der Waals surface area contributed by atoms with E-state index >= 15 is 0 Å². The molecule has 7 nitrogen and oxygen atoms in total. The number of likely N-dealkylation sites (tertiary alicyclic amines) is 1. The lowest BCUT2D eigenvalue weighted by Gasteiger charge is -2.40. The van der Waals surface area contributed by atoms with Crippen LogP contribution in [0.3, 0.4) is 0 Å². The fourth-order valence-electron chi connectivity index (χ4n) is 6.41. The van der Waals surface area contributed by atoms with E-state index in [-0.39, 0.29) is 30.9 Å². The number of hydrogen-bond acceptors (Lipinski definition) is 6. The monoisotopic (exact) mass is 506 g/mol. The third-order valence-electron chi connectivity index (χ3n) is 7.84. The summed E-state index contributed by atoms with van der Waals surface area (Å²) in [7, 11) is 0. The number of hydrogen-bond donors (Lipinski definition) is 1. The Morgan fingerprint density at radius 1 is 1.31 bits per heavy atom. The largest absolute Gasteiger partial charge is 0.461 e. The van der Waals surface area contributed by atoms with Crippen LogP contribution >= 0.6 is 11.8 Å². The molecule has 3 rings (SSSR count). The molecule has 8 heteroatoms. The Morgan fingerprint density at radius 3 is 2.60 bits per heavy atom. The van der Waals surface area contributed by atoms with Gasteiger partial charge in [0, 0.05) is 17.8 Å². The Labute approximate surface area is 214 Å². The molecule has 2 amide bonds. The smallest absolute Gasteiger partial charge is 0.311 e. The van der Waals surface area contributed by atoms with E-state index in [1.54, 1.807) is 27.6 Å². The maximum Gasteiger partial charge on any atom is 0.311 e. The van der Waals surface area contributed by atoms with Gasteiger partial charge in [0.15, 0.2) is 0 Å². The van der Waals surface area contributed by atoms with Crippen molar-refractivity contribution in [3.63, 3.8) is 0 Å². The van der Waals surface area contributed by atoms with Crippen LogP contribution in [0.2, 0.25) is 0 Å². The van der Waals surface area contributed by atoms with E-state index in [1.165, 1.54) is 6.08 Å². The molecule has 2 bridgehead atoms. The number of esters is 1. The third-order valence-corrected chi connectivity index (χ3v) is 9.82. The van der Waals surface area contributed by atoms with Gasteiger partial charge < -0.3 is 19.6 Å². The van der Waals surface area contributed by atoms with E-state index in [2.05, 4.69) is 20.1 Å². The number of aliphatic hydroxyl groups is 1. The molecule has 3 aliphatic rings. The maximum absolute atomic E-state index is 14.2. The molecule has 2 unspecified atom stereocenters. The lowest BCUT2D eigenvalue weighted by molar-refractivity contribution is -0.155. The zero-order valence-corrected chi connectivity index (χ0v) is 22.5. The SMILES string of the molecule is C=CCOC(=O)[C@@H]1[C@H]2C(=O)N([C@@H](CO)CC(C)C)C(C(=O)N(CC=C)CCCC)C23CC[C@@]1(C)S3. The van der Waals surface area contributed by atoms with Crippen molar-refractivity contribution in [3.8, 4) is 0 Å². The molecule has 0 radical (unpaired) electrons. The number of unbranched alkanes of at least 4 members (excludes halogenated alkanes) is 1. The van der Waals surface area contributed by atoms with E-state index in [9.17, 15) is 19.5 Å². The highest BCUT2D eigenvalue weighted by Gasteiger charge is 2.78. The third kappa shape index (κ3) is 4.80. The van der Waals surface area contributed by atoms with Crippen LogP contribution in [-0.4, -0.2) is 80.6 Å². The second-order valence-corrected chi connectivity index (χ2v) is 12.7. The van der Waals surface area contributed by atoms with Gasteiger partial charge in [-0.25, -0.2) is 0 Å². The van der Waals surface area contributed by atoms with Crippen molar-refractivity contribution >= 4 is 29.5 Å². The van der Waals surface area contributed by atoms with Crippen molar-refractivity contribution in [1.82, 2.24) is 9.80 Å². The fraction of sp³-hybridized carbons (Fsp3) is 0.741. The van der Waals surface area contributed by atoms with Gasteiger partial charge in [0.1, 0.15) is 12.6 Å². The predicted octanol–water partition coefficient (Wildman–Crippen LogP) is 3.42. The van der Waals surface area contributed by atoms with Crippen molar-refractivity contribution < 1.29 is 24.2 Å². The molecule has 1 N–H and O–H groups in total.